The van der Waals surface area contributed by atoms with Crippen molar-refractivity contribution in [1.29, 1.82) is 0 Å². The van der Waals surface area contributed by atoms with E-state index in [1.807, 2.05) is 26.0 Å². The number of carboxylic acids is 1. The predicted octanol–water partition coefficient (Wildman–Crippen LogP) is 5.54. The number of allylic oxidation sites excluding steroid dienone is 4. The molecule has 5 N–H and O–H groups in total. The zero-order valence-electron chi connectivity index (χ0n) is 39.1. The number of likely N-dealkylation sites (tertiary alicyclic amines) is 1. The van der Waals surface area contributed by atoms with Crippen LogP contribution in [-0.2, 0) is 46.5 Å². The summed E-state index contributed by atoms with van der Waals surface area (Å²) in [6.07, 6.45) is 12.5. The molecule has 1 fully saturated rings. The summed E-state index contributed by atoms with van der Waals surface area (Å²) in [6, 6.07) is 5.27. The van der Waals surface area contributed by atoms with Gasteiger partial charge in [0.05, 0.1) is 24.6 Å². The van der Waals surface area contributed by atoms with Gasteiger partial charge in [0.1, 0.15) is 11.8 Å². The van der Waals surface area contributed by atoms with E-state index in [4.69, 9.17) is 24.5 Å². The molecule has 1 saturated heterocycles. The van der Waals surface area contributed by atoms with Crippen molar-refractivity contribution >= 4 is 47.8 Å². The highest BCUT2D eigenvalue weighted by molar-refractivity contribution is 8.00. The zero-order chi connectivity index (χ0) is 47.5. The van der Waals surface area contributed by atoms with E-state index in [9.17, 15) is 29.1 Å². The van der Waals surface area contributed by atoms with Crippen LogP contribution in [0.25, 0.3) is 0 Å². The Morgan fingerprint density at radius 1 is 1.08 bits per heavy atom. The Labute approximate surface area is 370 Å². The Morgan fingerprint density at radius 2 is 1.69 bits per heavy atom. The molecule has 1 aromatic carbocycles. The van der Waals surface area contributed by atoms with Crippen LogP contribution in [-0.4, -0.2) is 133 Å². The number of aliphatic hydroxyl groups is 2. The molecular weight excluding hydrogens is 805 g/mol. The lowest BCUT2D eigenvalue weighted by atomic mass is 9.94. The molecule has 0 saturated carbocycles. The molecule has 5 atom stereocenters. The number of ether oxygens (including phenoxy) is 2. The number of aliphatic carboxylic acids is 1. The SMILES string of the molecule is CC/C=C/C=C(\C)Cc1ccc(CNC(=O)CCC(C)C(O)CC(CC)OC)c(OC)c1.CCC.CNC=O.CO.C[C@@H](C(=O)O)N(C)C(=O)CCSC1CC(=O)N(C)C1=O. The van der Waals surface area contributed by atoms with Crippen LogP contribution in [0.2, 0.25) is 0 Å². The lowest BCUT2D eigenvalue weighted by Gasteiger charge is -2.22. The molecule has 0 bridgehead atoms. The average Bonchev–Trinajstić information content (AvgIpc) is 3.50. The molecule has 350 valence electrons. The van der Waals surface area contributed by atoms with Crippen molar-refractivity contribution in [2.75, 3.05) is 48.2 Å². The number of benzene rings is 1. The number of likely N-dealkylation sites (N-methyl/N-ethyl adjacent to an activating group) is 1. The Hall–Kier alpha value is -4.25. The van der Waals surface area contributed by atoms with Gasteiger partial charge >= 0.3 is 5.97 Å². The van der Waals surface area contributed by atoms with E-state index in [1.54, 1.807) is 21.3 Å². The van der Waals surface area contributed by atoms with E-state index in [1.165, 1.54) is 50.3 Å². The summed E-state index contributed by atoms with van der Waals surface area (Å²) in [7, 11) is 8.77. The first-order valence-electron chi connectivity index (χ1n) is 20.8. The summed E-state index contributed by atoms with van der Waals surface area (Å²) < 4.78 is 10.9. The molecule has 15 nitrogen and oxygen atoms in total. The fourth-order valence-electron chi connectivity index (χ4n) is 5.26. The van der Waals surface area contributed by atoms with Crippen molar-refractivity contribution < 1.29 is 53.6 Å². The van der Waals surface area contributed by atoms with Crippen molar-refractivity contribution in [2.45, 2.75) is 136 Å². The minimum Gasteiger partial charge on any atom is -0.496 e. The summed E-state index contributed by atoms with van der Waals surface area (Å²) in [5, 5.41) is 31.0. The average molecular weight is 883 g/mol. The summed E-state index contributed by atoms with van der Waals surface area (Å²) in [5.74, 6) is -0.613. The van der Waals surface area contributed by atoms with Gasteiger partial charge in [0.25, 0.3) is 0 Å². The molecule has 16 heteroatoms. The Bertz CT molecular complexity index is 1470. The number of nitrogens with zero attached hydrogens (tertiary/aromatic N) is 2. The molecule has 0 spiro atoms. The Balaban J connectivity index is -0.000000983. The molecule has 0 aliphatic carbocycles. The third-order valence-corrected chi connectivity index (χ3v) is 10.5. The quantitative estimate of drug-likeness (QED) is 0.0552. The first kappa shape index (κ1) is 61.1. The zero-order valence-corrected chi connectivity index (χ0v) is 39.9. The second-order valence-electron chi connectivity index (χ2n) is 14.3. The van der Waals surface area contributed by atoms with Gasteiger partial charge in [-0.25, -0.2) is 4.79 Å². The first-order chi connectivity index (χ1) is 28.9. The largest absolute Gasteiger partial charge is 0.496 e. The molecule has 1 aliphatic heterocycles. The first-order valence-corrected chi connectivity index (χ1v) is 21.9. The fourth-order valence-corrected chi connectivity index (χ4v) is 6.40. The van der Waals surface area contributed by atoms with Crippen molar-refractivity contribution in [1.82, 2.24) is 20.4 Å². The number of carbonyl (C=O) groups excluding carboxylic acids is 5. The standard InChI is InChI=1S/C27H43NO4.C12H18N2O5S.C3H8.C2H5NO.CH4O/c1-7-9-10-11-20(3)16-22-13-14-23(26(17-22)32-6)19-28-27(30)15-12-21(4)25(29)18-24(8-2)31-5;1-7(12(18)19)13(2)9(15)4-5-20-8-6-10(16)14(3)11(8)17;1-3-2;1-3-2-4;1-2/h9-11,13-14,17,21,24-25,29H,7-8,12,15-16,18-19H2,1-6H3,(H,28,30);7-8H,4-6H2,1-3H3,(H,18,19);3H2,1-2H3;2H,1H3,(H,3,4);2H,1H3/b10-9+,20-11+;;;;/t;7-,8?;;;/m.0.../s1. The van der Waals surface area contributed by atoms with E-state index in [2.05, 4.69) is 62.6 Å². The molecule has 61 heavy (non-hydrogen) atoms. The number of carbonyl (C=O) groups is 6. The molecule has 1 aromatic rings. The second-order valence-corrected chi connectivity index (χ2v) is 15.6. The van der Waals surface area contributed by atoms with Crippen molar-refractivity contribution in [3.05, 3.63) is 53.1 Å². The van der Waals surface area contributed by atoms with Crippen LogP contribution >= 0.6 is 11.8 Å². The maximum Gasteiger partial charge on any atom is 0.326 e. The van der Waals surface area contributed by atoms with Gasteiger partial charge in [-0.3, -0.25) is 28.9 Å². The number of carboxylic acid groups (broad SMARTS) is 1. The minimum atomic E-state index is -1.06. The Morgan fingerprint density at radius 3 is 2.16 bits per heavy atom. The summed E-state index contributed by atoms with van der Waals surface area (Å²) in [4.78, 5) is 69.1. The molecule has 4 unspecified atom stereocenters. The van der Waals surface area contributed by atoms with E-state index in [0.717, 1.165) is 47.5 Å². The molecule has 5 amide bonds. The highest BCUT2D eigenvalue weighted by Crippen LogP contribution is 2.25. The topological polar surface area (TPSA) is 212 Å². The number of nitrogens with one attached hydrogen (secondary N) is 2. The number of methoxy groups -OCH3 is 2. The van der Waals surface area contributed by atoms with Gasteiger partial charge in [0.2, 0.25) is 30.0 Å². The van der Waals surface area contributed by atoms with Crippen LogP contribution in [0.4, 0.5) is 0 Å². The molecule has 1 aliphatic rings. The molecular formula is C45H78N4O11S. The van der Waals surface area contributed by atoms with Gasteiger partial charge in [-0.15, -0.1) is 11.8 Å². The lowest BCUT2D eigenvalue weighted by Crippen LogP contribution is -2.40. The van der Waals surface area contributed by atoms with E-state index >= 15 is 0 Å². The van der Waals surface area contributed by atoms with E-state index in [0.29, 0.717) is 38.0 Å². The van der Waals surface area contributed by atoms with Gasteiger partial charge in [-0.1, -0.05) is 77.0 Å². The Kier molecular flexibility index (Phi) is 37.5. The number of hydrogen-bond donors (Lipinski definition) is 5. The van der Waals surface area contributed by atoms with Gasteiger partial charge in [0.15, 0.2) is 0 Å². The molecule has 2 rings (SSSR count). The van der Waals surface area contributed by atoms with Crippen LogP contribution in [0.15, 0.2) is 42.0 Å². The number of rotatable bonds is 22. The second kappa shape index (κ2) is 37.5. The molecule has 1 heterocycles. The maximum absolute atomic E-state index is 12.3. The predicted molar refractivity (Wildman–Crippen MR) is 244 cm³/mol. The van der Waals surface area contributed by atoms with Crippen molar-refractivity contribution in [3.8, 4) is 5.75 Å². The highest BCUT2D eigenvalue weighted by atomic mass is 32.2. The normalized spacial score (nSPS) is 15.2. The van der Waals surface area contributed by atoms with Crippen LogP contribution in [0.3, 0.4) is 0 Å². The summed E-state index contributed by atoms with van der Waals surface area (Å²) in [5.41, 5.74) is 3.42. The third-order valence-electron chi connectivity index (χ3n) is 9.26. The number of hydrogen-bond acceptors (Lipinski definition) is 11. The van der Waals surface area contributed by atoms with E-state index in [-0.39, 0.29) is 48.5 Å². The smallest absolute Gasteiger partial charge is 0.326 e. The number of imide groups is 1. The van der Waals surface area contributed by atoms with Gasteiger partial charge in [0, 0.05) is 72.5 Å². The van der Waals surface area contributed by atoms with Gasteiger partial charge in [-0.2, -0.15) is 0 Å². The van der Waals surface area contributed by atoms with Crippen LogP contribution < -0.4 is 15.4 Å². The van der Waals surface area contributed by atoms with Crippen LogP contribution in [0.5, 0.6) is 5.75 Å². The molecule has 0 aromatic heterocycles. The number of aliphatic hydroxyl groups excluding tert-OH is 2. The monoisotopic (exact) mass is 883 g/mol. The highest BCUT2D eigenvalue weighted by Gasteiger charge is 2.36. The van der Waals surface area contributed by atoms with Gasteiger partial charge < -0.3 is 40.3 Å². The minimum absolute atomic E-state index is 0.0181. The number of amides is 5. The van der Waals surface area contributed by atoms with Crippen LogP contribution in [0.1, 0.15) is 111 Å². The van der Waals surface area contributed by atoms with Crippen molar-refractivity contribution in [3.63, 3.8) is 0 Å². The summed E-state index contributed by atoms with van der Waals surface area (Å²) in [6.45, 7) is 14.4. The van der Waals surface area contributed by atoms with Crippen molar-refractivity contribution in [2.24, 2.45) is 5.92 Å². The number of thioether (sulfide) groups is 1. The van der Waals surface area contributed by atoms with Crippen LogP contribution in [0, 0.1) is 5.92 Å². The maximum atomic E-state index is 12.3. The fraction of sp³-hybridized carbons (Fsp3) is 0.644. The summed E-state index contributed by atoms with van der Waals surface area (Å²) >= 11 is 1.26. The lowest BCUT2D eigenvalue weighted by molar-refractivity contribution is -0.148. The van der Waals surface area contributed by atoms with E-state index < -0.39 is 23.4 Å². The molecule has 0 radical (unpaired) electrons. The van der Waals surface area contributed by atoms with Gasteiger partial charge in [-0.05, 0) is 63.5 Å². The third kappa shape index (κ3) is 27.3.